The van der Waals surface area contributed by atoms with Gasteiger partial charge in [0.1, 0.15) is 0 Å². The van der Waals surface area contributed by atoms with E-state index in [9.17, 15) is 0 Å². The number of nitrogens with zero attached hydrogens (tertiary/aromatic N) is 4. The lowest BCUT2D eigenvalue weighted by Gasteiger charge is -2.09. The van der Waals surface area contributed by atoms with Gasteiger partial charge >= 0.3 is 0 Å². The number of rotatable bonds is 2. The standard InChI is InChI=1S/C9H12ClN5/c1-14-4-3-7(13-14)8(11)9-6(10)5-12-15(9)2/h3-5,8H,11H2,1-2H3. The molecule has 0 fully saturated rings. The Bertz CT molecular complexity index is 453. The van der Waals surface area contributed by atoms with Crippen molar-refractivity contribution >= 4 is 11.6 Å². The van der Waals surface area contributed by atoms with E-state index in [1.807, 2.05) is 26.4 Å². The zero-order valence-corrected chi connectivity index (χ0v) is 9.31. The Morgan fingerprint density at radius 2 is 2.20 bits per heavy atom. The number of hydrogen-bond donors (Lipinski definition) is 1. The van der Waals surface area contributed by atoms with Gasteiger partial charge in [0.15, 0.2) is 0 Å². The second-order valence-electron chi connectivity index (χ2n) is 3.39. The van der Waals surface area contributed by atoms with Crippen LogP contribution < -0.4 is 5.73 Å². The van der Waals surface area contributed by atoms with Gasteiger partial charge in [-0.15, -0.1) is 0 Å². The summed E-state index contributed by atoms with van der Waals surface area (Å²) in [5, 5.41) is 8.85. The number of nitrogens with two attached hydrogens (primary N) is 1. The van der Waals surface area contributed by atoms with Crippen molar-refractivity contribution in [2.24, 2.45) is 19.8 Å². The Kier molecular flexibility index (Phi) is 2.50. The van der Waals surface area contributed by atoms with Gasteiger partial charge in [-0.2, -0.15) is 10.2 Å². The van der Waals surface area contributed by atoms with Gasteiger partial charge in [-0.25, -0.2) is 0 Å². The molecule has 2 rings (SSSR count). The molecule has 0 saturated heterocycles. The van der Waals surface area contributed by atoms with E-state index < -0.39 is 0 Å². The van der Waals surface area contributed by atoms with Crippen molar-refractivity contribution in [2.75, 3.05) is 0 Å². The molecule has 2 aromatic heterocycles. The first-order chi connectivity index (χ1) is 7.09. The first-order valence-corrected chi connectivity index (χ1v) is 4.90. The van der Waals surface area contributed by atoms with Crippen molar-refractivity contribution in [3.8, 4) is 0 Å². The predicted octanol–water partition coefficient (Wildman–Crippen LogP) is 0.855. The number of aryl methyl sites for hydroxylation is 2. The highest BCUT2D eigenvalue weighted by Gasteiger charge is 2.18. The fourth-order valence-electron chi connectivity index (χ4n) is 1.51. The molecule has 15 heavy (non-hydrogen) atoms. The van der Waals surface area contributed by atoms with Crippen molar-refractivity contribution in [1.82, 2.24) is 19.6 Å². The van der Waals surface area contributed by atoms with E-state index in [0.717, 1.165) is 11.4 Å². The number of halogens is 1. The van der Waals surface area contributed by atoms with E-state index in [0.29, 0.717) is 5.02 Å². The molecule has 0 aliphatic carbocycles. The molecule has 0 spiro atoms. The Balaban J connectivity index is 2.40. The van der Waals surface area contributed by atoms with Crippen LogP contribution in [-0.4, -0.2) is 19.6 Å². The lowest BCUT2D eigenvalue weighted by Crippen LogP contribution is -2.17. The van der Waals surface area contributed by atoms with Crippen LogP contribution in [0.4, 0.5) is 0 Å². The van der Waals surface area contributed by atoms with Gasteiger partial charge in [-0.1, -0.05) is 11.6 Å². The molecule has 1 unspecified atom stereocenters. The summed E-state index contributed by atoms with van der Waals surface area (Å²) in [6.45, 7) is 0. The predicted molar refractivity (Wildman–Crippen MR) is 57.5 cm³/mol. The van der Waals surface area contributed by atoms with Gasteiger partial charge in [0.2, 0.25) is 0 Å². The first kappa shape index (κ1) is 10.2. The van der Waals surface area contributed by atoms with E-state index in [2.05, 4.69) is 10.2 Å². The average molecular weight is 226 g/mol. The van der Waals surface area contributed by atoms with E-state index in [4.69, 9.17) is 17.3 Å². The SMILES string of the molecule is Cn1ccc(C(N)c2c(Cl)cnn2C)n1. The third-order valence-corrected chi connectivity index (χ3v) is 2.58. The molecule has 1 atom stereocenters. The quantitative estimate of drug-likeness (QED) is 0.825. The Labute approximate surface area is 92.4 Å². The molecule has 6 heteroatoms. The van der Waals surface area contributed by atoms with Gasteiger partial charge in [0.05, 0.1) is 28.6 Å². The molecule has 2 N–H and O–H groups in total. The average Bonchev–Trinajstić information content (AvgIpc) is 2.73. The Morgan fingerprint density at radius 1 is 1.47 bits per heavy atom. The minimum atomic E-state index is -0.341. The molecule has 0 amide bonds. The van der Waals surface area contributed by atoms with Gasteiger partial charge in [0, 0.05) is 20.3 Å². The van der Waals surface area contributed by atoms with Gasteiger partial charge < -0.3 is 5.73 Å². The van der Waals surface area contributed by atoms with Gasteiger partial charge in [0.25, 0.3) is 0 Å². The smallest absolute Gasteiger partial charge is 0.0930 e. The molecule has 0 bridgehead atoms. The zero-order chi connectivity index (χ0) is 11.0. The van der Waals surface area contributed by atoms with Crippen LogP contribution in [0.5, 0.6) is 0 Å². The van der Waals surface area contributed by atoms with Crippen LogP contribution in [0.3, 0.4) is 0 Å². The van der Waals surface area contributed by atoms with Crippen LogP contribution in [0.25, 0.3) is 0 Å². The largest absolute Gasteiger partial charge is 0.318 e. The molecule has 80 valence electrons. The topological polar surface area (TPSA) is 61.7 Å². The molecule has 0 aliphatic rings. The van der Waals surface area contributed by atoms with Crippen LogP contribution in [0.1, 0.15) is 17.4 Å². The summed E-state index contributed by atoms with van der Waals surface area (Å²) < 4.78 is 3.38. The third kappa shape index (κ3) is 1.75. The minimum absolute atomic E-state index is 0.341. The maximum absolute atomic E-state index is 6.05. The zero-order valence-electron chi connectivity index (χ0n) is 8.55. The number of aromatic nitrogens is 4. The highest BCUT2D eigenvalue weighted by molar-refractivity contribution is 6.31. The van der Waals surface area contributed by atoms with Crippen molar-refractivity contribution in [2.45, 2.75) is 6.04 Å². The molecule has 5 nitrogen and oxygen atoms in total. The van der Waals surface area contributed by atoms with Crippen molar-refractivity contribution in [1.29, 1.82) is 0 Å². The first-order valence-electron chi connectivity index (χ1n) is 4.52. The van der Waals surface area contributed by atoms with E-state index in [-0.39, 0.29) is 6.04 Å². The fourth-order valence-corrected chi connectivity index (χ4v) is 1.79. The highest BCUT2D eigenvalue weighted by atomic mass is 35.5. The summed E-state index contributed by atoms with van der Waals surface area (Å²) in [5.41, 5.74) is 7.61. The normalized spacial score (nSPS) is 13.1. The summed E-state index contributed by atoms with van der Waals surface area (Å²) >= 11 is 6.00. The van der Waals surface area contributed by atoms with E-state index in [1.54, 1.807) is 15.6 Å². The highest BCUT2D eigenvalue weighted by Crippen LogP contribution is 2.24. The van der Waals surface area contributed by atoms with Crippen LogP contribution >= 0.6 is 11.6 Å². The maximum Gasteiger partial charge on any atom is 0.0930 e. The lowest BCUT2D eigenvalue weighted by molar-refractivity contribution is 0.648. The molecule has 2 aromatic rings. The van der Waals surface area contributed by atoms with Gasteiger partial charge in [-0.3, -0.25) is 9.36 Å². The molecule has 0 aromatic carbocycles. The minimum Gasteiger partial charge on any atom is -0.318 e. The lowest BCUT2D eigenvalue weighted by atomic mass is 10.1. The second-order valence-corrected chi connectivity index (χ2v) is 3.80. The molecule has 2 heterocycles. The molecular weight excluding hydrogens is 214 g/mol. The molecule has 0 radical (unpaired) electrons. The molecule has 0 saturated carbocycles. The maximum atomic E-state index is 6.05. The summed E-state index contributed by atoms with van der Waals surface area (Å²) in [7, 11) is 3.66. The van der Waals surface area contributed by atoms with E-state index in [1.165, 1.54) is 0 Å². The van der Waals surface area contributed by atoms with Crippen LogP contribution in [0, 0.1) is 0 Å². The summed E-state index contributed by atoms with van der Waals surface area (Å²) in [6.07, 6.45) is 3.43. The monoisotopic (exact) mass is 225 g/mol. The summed E-state index contributed by atoms with van der Waals surface area (Å²) in [5.74, 6) is 0. The van der Waals surface area contributed by atoms with Crippen LogP contribution in [0.15, 0.2) is 18.5 Å². The van der Waals surface area contributed by atoms with Crippen LogP contribution in [0.2, 0.25) is 5.02 Å². The molecule has 0 aliphatic heterocycles. The second kappa shape index (κ2) is 3.67. The Hall–Kier alpha value is -1.33. The van der Waals surface area contributed by atoms with Gasteiger partial charge in [-0.05, 0) is 6.07 Å². The summed E-state index contributed by atoms with van der Waals surface area (Å²) in [6, 6.07) is 1.53. The van der Waals surface area contributed by atoms with Crippen LogP contribution in [-0.2, 0) is 14.1 Å². The molecular formula is C9H12ClN5. The van der Waals surface area contributed by atoms with Crippen molar-refractivity contribution in [3.05, 3.63) is 34.9 Å². The summed E-state index contributed by atoms with van der Waals surface area (Å²) in [4.78, 5) is 0. The number of hydrogen-bond acceptors (Lipinski definition) is 3. The van der Waals surface area contributed by atoms with E-state index >= 15 is 0 Å². The Morgan fingerprint density at radius 3 is 2.67 bits per heavy atom. The van der Waals surface area contributed by atoms with Crippen molar-refractivity contribution < 1.29 is 0 Å². The fraction of sp³-hybridized carbons (Fsp3) is 0.333. The third-order valence-electron chi connectivity index (χ3n) is 2.29. The van der Waals surface area contributed by atoms with Crippen molar-refractivity contribution in [3.63, 3.8) is 0 Å².